The predicted molar refractivity (Wildman–Crippen MR) is 56.1 cm³/mol. The van der Waals surface area contributed by atoms with E-state index in [9.17, 15) is 0 Å². The van der Waals surface area contributed by atoms with Crippen molar-refractivity contribution in [2.75, 3.05) is 0 Å². The average molecular weight is 198 g/mol. The summed E-state index contributed by atoms with van der Waals surface area (Å²) in [6, 6.07) is 0. The van der Waals surface area contributed by atoms with Gasteiger partial charge in [-0.25, -0.2) is 0 Å². The van der Waals surface area contributed by atoms with Gasteiger partial charge in [0.25, 0.3) is 0 Å². The first kappa shape index (κ1) is 10.4. The zero-order chi connectivity index (χ0) is 10.2. The van der Waals surface area contributed by atoms with E-state index in [0.717, 1.165) is 12.8 Å². The Morgan fingerprint density at radius 3 is 2.21 bits per heavy atom. The average Bonchev–Trinajstić information content (AvgIpc) is 2.08. The number of hydrogen-bond donors (Lipinski definition) is 0. The van der Waals surface area contributed by atoms with Gasteiger partial charge in [0, 0.05) is 12.3 Å². The highest BCUT2D eigenvalue weighted by atomic mass is 16.7. The van der Waals surface area contributed by atoms with E-state index in [-0.39, 0.29) is 5.79 Å². The van der Waals surface area contributed by atoms with Crippen LogP contribution in [0.2, 0.25) is 0 Å². The SMILES string of the molecule is CC1CCCCC12O[C@H](C)C[C@@H](C)O2. The van der Waals surface area contributed by atoms with E-state index >= 15 is 0 Å². The summed E-state index contributed by atoms with van der Waals surface area (Å²) in [4.78, 5) is 0. The molecule has 1 aliphatic carbocycles. The highest BCUT2D eigenvalue weighted by Gasteiger charge is 2.45. The largest absolute Gasteiger partial charge is 0.347 e. The van der Waals surface area contributed by atoms with Gasteiger partial charge in [-0.2, -0.15) is 0 Å². The van der Waals surface area contributed by atoms with E-state index in [2.05, 4.69) is 20.8 Å². The Bertz CT molecular complexity index is 192. The molecular formula is C12H22O2. The molecule has 3 atom stereocenters. The lowest BCUT2D eigenvalue weighted by atomic mass is 9.83. The second-order valence-corrected chi connectivity index (χ2v) is 5.05. The van der Waals surface area contributed by atoms with Gasteiger partial charge >= 0.3 is 0 Å². The van der Waals surface area contributed by atoms with Gasteiger partial charge in [0.1, 0.15) is 0 Å². The van der Waals surface area contributed by atoms with Gasteiger partial charge in [0.2, 0.25) is 0 Å². The summed E-state index contributed by atoms with van der Waals surface area (Å²) in [5, 5.41) is 0. The summed E-state index contributed by atoms with van der Waals surface area (Å²) in [6.07, 6.45) is 6.68. The third-order valence-corrected chi connectivity index (χ3v) is 3.63. The lowest BCUT2D eigenvalue weighted by Gasteiger charge is -2.48. The molecule has 2 heteroatoms. The molecule has 0 bridgehead atoms. The van der Waals surface area contributed by atoms with Crippen molar-refractivity contribution in [2.45, 2.75) is 70.9 Å². The molecule has 1 spiro atoms. The summed E-state index contributed by atoms with van der Waals surface area (Å²) in [5.74, 6) is 0.316. The van der Waals surface area contributed by atoms with Gasteiger partial charge in [-0.05, 0) is 33.1 Å². The van der Waals surface area contributed by atoms with Crippen LogP contribution in [0, 0.1) is 5.92 Å². The minimum absolute atomic E-state index is 0.241. The van der Waals surface area contributed by atoms with Gasteiger partial charge in [0.15, 0.2) is 5.79 Å². The van der Waals surface area contributed by atoms with Gasteiger partial charge in [-0.1, -0.05) is 13.3 Å². The topological polar surface area (TPSA) is 18.5 Å². The molecule has 0 aromatic carbocycles. The van der Waals surface area contributed by atoms with Crippen molar-refractivity contribution in [2.24, 2.45) is 5.92 Å². The predicted octanol–water partition coefficient (Wildman–Crippen LogP) is 3.11. The molecule has 0 aromatic heterocycles. The lowest BCUT2D eigenvalue weighted by Crippen LogP contribution is -2.52. The van der Waals surface area contributed by atoms with Crippen molar-refractivity contribution in [1.29, 1.82) is 0 Å². The van der Waals surface area contributed by atoms with Gasteiger partial charge in [-0.3, -0.25) is 0 Å². The summed E-state index contributed by atoms with van der Waals surface area (Å²) >= 11 is 0. The summed E-state index contributed by atoms with van der Waals surface area (Å²) in [6.45, 7) is 6.61. The maximum atomic E-state index is 6.08. The standard InChI is InChI=1S/C12H22O2/c1-9-6-4-5-7-12(9)13-10(2)8-11(3)14-12/h9-11H,4-8H2,1-3H3/t9?,10-,11-/m1/s1. The maximum Gasteiger partial charge on any atom is 0.171 e. The molecule has 0 aromatic rings. The minimum Gasteiger partial charge on any atom is -0.347 e. The lowest BCUT2D eigenvalue weighted by molar-refractivity contribution is -0.341. The molecule has 2 nitrogen and oxygen atoms in total. The Morgan fingerprint density at radius 1 is 1.00 bits per heavy atom. The Balaban J connectivity index is 2.11. The van der Waals surface area contributed by atoms with Crippen LogP contribution in [-0.4, -0.2) is 18.0 Å². The first-order chi connectivity index (χ1) is 6.62. The van der Waals surface area contributed by atoms with Crippen molar-refractivity contribution in [3.8, 4) is 0 Å². The zero-order valence-corrected chi connectivity index (χ0v) is 9.58. The normalized spacial score (nSPS) is 49.5. The number of rotatable bonds is 0. The van der Waals surface area contributed by atoms with Crippen LogP contribution in [-0.2, 0) is 9.47 Å². The molecule has 1 heterocycles. The number of ether oxygens (including phenoxy) is 2. The fourth-order valence-corrected chi connectivity index (χ4v) is 2.91. The van der Waals surface area contributed by atoms with Crippen LogP contribution in [0.25, 0.3) is 0 Å². The second kappa shape index (κ2) is 3.82. The molecule has 1 saturated heterocycles. The highest BCUT2D eigenvalue weighted by Crippen LogP contribution is 2.42. The third kappa shape index (κ3) is 1.82. The molecule has 2 aliphatic rings. The van der Waals surface area contributed by atoms with Crippen molar-refractivity contribution < 1.29 is 9.47 Å². The van der Waals surface area contributed by atoms with Crippen LogP contribution < -0.4 is 0 Å². The molecule has 0 radical (unpaired) electrons. The minimum atomic E-state index is -0.241. The first-order valence-electron chi connectivity index (χ1n) is 5.98. The van der Waals surface area contributed by atoms with Crippen LogP contribution in [0.15, 0.2) is 0 Å². The molecule has 0 amide bonds. The van der Waals surface area contributed by atoms with Crippen molar-refractivity contribution in [3.63, 3.8) is 0 Å². The van der Waals surface area contributed by atoms with Crippen molar-refractivity contribution in [1.82, 2.24) is 0 Å². The molecule has 14 heavy (non-hydrogen) atoms. The van der Waals surface area contributed by atoms with E-state index < -0.39 is 0 Å². The van der Waals surface area contributed by atoms with E-state index in [4.69, 9.17) is 9.47 Å². The Hall–Kier alpha value is -0.0800. The molecule has 1 aliphatic heterocycles. The first-order valence-corrected chi connectivity index (χ1v) is 5.98. The van der Waals surface area contributed by atoms with Crippen LogP contribution in [0.1, 0.15) is 52.9 Å². The summed E-state index contributed by atoms with van der Waals surface area (Å²) < 4.78 is 12.2. The molecule has 1 saturated carbocycles. The Morgan fingerprint density at radius 2 is 1.64 bits per heavy atom. The molecule has 2 rings (SSSR count). The van der Waals surface area contributed by atoms with E-state index in [1.807, 2.05) is 0 Å². The smallest absolute Gasteiger partial charge is 0.171 e. The van der Waals surface area contributed by atoms with E-state index in [1.54, 1.807) is 0 Å². The molecule has 1 unspecified atom stereocenters. The summed E-state index contributed by atoms with van der Waals surface area (Å²) in [7, 11) is 0. The number of hydrogen-bond acceptors (Lipinski definition) is 2. The maximum absolute atomic E-state index is 6.08. The molecule has 2 fully saturated rings. The highest BCUT2D eigenvalue weighted by molar-refractivity contribution is 4.86. The van der Waals surface area contributed by atoms with Crippen LogP contribution in [0.5, 0.6) is 0 Å². The Kier molecular flexibility index (Phi) is 2.85. The third-order valence-electron chi connectivity index (χ3n) is 3.63. The fourth-order valence-electron chi connectivity index (χ4n) is 2.91. The van der Waals surface area contributed by atoms with Crippen molar-refractivity contribution >= 4 is 0 Å². The van der Waals surface area contributed by atoms with Crippen molar-refractivity contribution in [3.05, 3.63) is 0 Å². The molecule has 0 N–H and O–H groups in total. The van der Waals surface area contributed by atoms with Gasteiger partial charge in [-0.15, -0.1) is 0 Å². The van der Waals surface area contributed by atoms with Crippen LogP contribution in [0.4, 0.5) is 0 Å². The quantitative estimate of drug-likeness (QED) is 0.595. The Labute approximate surface area is 87.0 Å². The zero-order valence-electron chi connectivity index (χ0n) is 9.58. The second-order valence-electron chi connectivity index (χ2n) is 5.05. The molecular weight excluding hydrogens is 176 g/mol. The monoisotopic (exact) mass is 198 g/mol. The summed E-state index contributed by atoms with van der Waals surface area (Å²) in [5.41, 5.74) is 0. The van der Waals surface area contributed by atoms with Gasteiger partial charge < -0.3 is 9.47 Å². The molecule has 82 valence electrons. The van der Waals surface area contributed by atoms with E-state index in [1.165, 1.54) is 19.3 Å². The van der Waals surface area contributed by atoms with Crippen LogP contribution >= 0.6 is 0 Å². The fraction of sp³-hybridized carbons (Fsp3) is 1.00. The van der Waals surface area contributed by atoms with Gasteiger partial charge in [0.05, 0.1) is 12.2 Å². The van der Waals surface area contributed by atoms with Crippen LogP contribution in [0.3, 0.4) is 0 Å². The van der Waals surface area contributed by atoms with E-state index in [0.29, 0.717) is 18.1 Å².